The molecule has 0 aromatic heterocycles. The number of hydrogen-bond acceptors (Lipinski definition) is 3. The zero-order chi connectivity index (χ0) is 12.4. The van der Waals surface area contributed by atoms with Crippen LogP contribution in [0.3, 0.4) is 0 Å². The largest absolute Gasteiger partial charge is 0.453 e. The topological polar surface area (TPSA) is 41.6 Å². The maximum absolute atomic E-state index is 11.3. The maximum Gasteiger partial charge on any atom is 0.407 e. The first-order valence-electron chi connectivity index (χ1n) is 6.68. The molecule has 2 aliphatic rings. The van der Waals surface area contributed by atoms with Gasteiger partial charge in [0.2, 0.25) is 0 Å². The quantitative estimate of drug-likeness (QED) is 0.818. The molecule has 2 rings (SSSR count). The van der Waals surface area contributed by atoms with Crippen LogP contribution in [0.25, 0.3) is 0 Å². The molecule has 1 heterocycles. The molecule has 1 saturated carbocycles. The molecule has 1 amide bonds. The van der Waals surface area contributed by atoms with E-state index >= 15 is 0 Å². The van der Waals surface area contributed by atoms with Crippen LogP contribution in [-0.2, 0) is 4.74 Å². The Bertz CT molecular complexity index is 279. The van der Waals surface area contributed by atoms with E-state index in [1.54, 1.807) is 0 Å². The van der Waals surface area contributed by atoms with Crippen molar-refractivity contribution in [3.63, 3.8) is 0 Å². The van der Waals surface area contributed by atoms with Gasteiger partial charge in [-0.25, -0.2) is 4.79 Å². The number of nitrogens with one attached hydrogen (secondary N) is 1. The van der Waals surface area contributed by atoms with E-state index in [9.17, 15) is 4.79 Å². The molecule has 1 N–H and O–H groups in total. The molecular weight excluding hydrogens is 216 g/mol. The van der Waals surface area contributed by atoms with Crippen molar-refractivity contribution < 1.29 is 9.53 Å². The van der Waals surface area contributed by atoms with E-state index < -0.39 is 0 Å². The minimum absolute atomic E-state index is 0.243. The van der Waals surface area contributed by atoms with Gasteiger partial charge in [-0.05, 0) is 38.0 Å². The Morgan fingerprint density at radius 2 is 2.12 bits per heavy atom. The van der Waals surface area contributed by atoms with E-state index in [1.165, 1.54) is 20.0 Å². The molecule has 1 saturated heterocycles. The molecule has 4 nitrogen and oxygen atoms in total. The smallest absolute Gasteiger partial charge is 0.407 e. The van der Waals surface area contributed by atoms with Gasteiger partial charge in [-0.1, -0.05) is 6.92 Å². The highest BCUT2D eigenvalue weighted by Gasteiger charge is 2.36. The van der Waals surface area contributed by atoms with Crippen molar-refractivity contribution in [3.05, 3.63) is 0 Å². The maximum atomic E-state index is 11.3. The fourth-order valence-corrected chi connectivity index (χ4v) is 2.93. The summed E-state index contributed by atoms with van der Waals surface area (Å²) in [5.74, 6) is 1.53. The van der Waals surface area contributed by atoms with E-state index in [0.717, 1.165) is 25.4 Å². The van der Waals surface area contributed by atoms with E-state index in [2.05, 4.69) is 28.8 Å². The van der Waals surface area contributed by atoms with Crippen LogP contribution in [0.5, 0.6) is 0 Å². The van der Waals surface area contributed by atoms with Gasteiger partial charge in [-0.3, -0.25) is 4.90 Å². The highest BCUT2D eigenvalue weighted by molar-refractivity contribution is 5.67. The number of carbonyl (C=O) groups is 1. The Morgan fingerprint density at radius 3 is 2.71 bits per heavy atom. The monoisotopic (exact) mass is 240 g/mol. The molecular formula is C13H24N2O2. The van der Waals surface area contributed by atoms with Gasteiger partial charge in [0.1, 0.15) is 0 Å². The third kappa shape index (κ3) is 3.35. The fraction of sp³-hybridized carbons (Fsp3) is 0.923. The van der Waals surface area contributed by atoms with Crippen molar-refractivity contribution in [2.45, 2.75) is 45.2 Å². The van der Waals surface area contributed by atoms with Crippen molar-refractivity contribution in [3.8, 4) is 0 Å². The number of ether oxygens (including phenoxy) is 1. The Labute approximate surface area is 104 Å². The molecule has 98 valence electrons. The molecule has 0 aromatic rings. The number of piperidine rings is 1. The van der Waals surface area contributed by atoms with Crippen LogP contribution in [0.2, 0.25) is 0 Å². The Kier molecular flexibility index (Phi) is 3.92. The Hall–Kier alpha value is -0.770. The lowest BCUT2D eigenvalue weighted by Gasteiger charge is -2.40. The number of likely N-dealkylation sites (tertiary alicyclic amines) is 1. The molecule has 1 aliphatic carbocycles. The standard InChI is InChI=1S/C13H24N2O2/c1-9-6-12(14-13(16)17-3)8-15(7-9)10(2)11-4-5-11/h9-12H,4-8H2,1-3H3,(H,14,16). The van der Waals surface area contributed by atoms with Gasteiger partial charge in [0, 0.05) is 25.2 Å². The second kappa shape index (κ2) is 5.25. The number of amides is 1. The summed E-state index contributed by atoms with van der Waals surface area (Å²) >= 11 is 0. The van der Waals surface area contributed by atoms with Crippen LogP contribution >= 0.6 is 0 Å². The van der Waals surface area contributed by atoms with Gasteiger partial charge < -0.3 is 10.1 Å². The van der Waals surface area contributed by atoms with Gasteiger partial charge >= 0.3 is 6.09 Å². The van der Waals surface area contributed by atoms with Crippen molar-refractivity contribution in [2.24, 2.45) is 11.8 Å². The van der Waals surface area contributed by atoms with Crippen LogP contribution in [0.4, 0.5) is 4.79 Å². The first kappa shape index (κ1) is 12.7. The number of nitrogens with zero attached hydrogens (tertiary/aromatic N) is 1. The summed E-state index contributed by atoms with van der Waals surface area (Å²) in [5.41, 5.74) is 0. The number of carbonyl (C=O) groups excluding carboxylic acids is 1. The van der Waals surface area contributed by atoms with Gasteiger partial charge in [0.15, 0.2) is 0 Å². The average molecular weight is 240 g/mol. The summed E-state index contributed by atoms with van der Waals surface area (Å²) in [6.45, 7) is 6.72. The number of rotatable bonds is 3. The predicted octanol–water partition coefficient (Wildman–Crippen LogP) is 1.85. The molecule has 3 unspecified atom stereocenters. The van der Waals surface area contributed by atoms with E-state index in [-0.39, 0.29) is 12.1 Å². The summed E-state index contributed by atoms with van der Waals surface area (Å²) in [4.78, 5) is 13.8. The van der Waals surface area contributed by atoms with Gasteiger partial charge in [0.25, 0.3) is 0 Å². The van der Waals surface area contributed by atoms with Crippen LogP contribution in [-0.4, -0.2) is 43.3 Å². The van der Waals surface area contributed by atoms with Crippen molar-refractivity contribution in [1.29, 1.82) is 0 Å². The first-order chi connectivity index (χ1) is 8.10. The van der Waals surface area contributed by atoms with Crippen molar-refractivity contribution >= 4 is 6.09 Å². The molecule has 4 heteroatoms. The molecule has 0 radical (unpaired) electrons. The second-order valence-electron chi connectivity index (χ2n) is 5.71. The zero-order valence-electron chi connectivity index (χ0n) is 11.1. The number of hydrogen-bond donors (Lipinski definition) is 1. The summed E-state index contributed by atoms with van der Waals surface area (Å²) < 4.78 is 4.68. The van der Waals surface area contributed by atoms with Crippen molar-refractivity contribution in [1.82, 2.24) is 10.2 Å². The first-order valence-corrected chi connectivity index (χ1v) is 6.68. The highest BCUT2D eigenvalue weighted by atomic mass is 16.5. The number of alkyl carbamates (subject to hydrolysis) is 1. The Balaban J connectivity index is 1.88. The normalized spacial score (nSPS) is 31.9. The van der Waals surface area contributed by atoms with Gasteiger partial charge in [-0.15, -0.1) is 0 Å². The van der Waals surface area contributed by atoms with Gasteiger partial charge in [0.05, 0.1) is 7.11 Å². The zero-order valence-corrected chi connectivity index (χ0v) is 11.1. The molecule has 0 aromatic carbocycles. The SMILES string of the molecule is COC(=O)NC1CC(C)CN(C(C)C2CC2)C1. The summed E-state index contributed by atoms with van der Waals surface area (Å²) in [6, 6.07) is 0.909. The lowest BCUT2D eigenvalue weighted by Crippen LogP contribution is -2.53. The highest BCUT2D eigenvalue weighted by Crippen LogP contribution is 2.36. The third-order valence-electron chi connectivity index (χ3n) is 4.08. The fourth-order valence-electron chi connectivity index (χ4n) is 2.93. The minimum atomic E-state index is -0.303. The summed E-state index contributed by atoms with van der Waals surface area (Å²) in [5, 5.41) is 2.94. The third-order valence-corrected chi connectivity index (χ3v) is 4.08. The van der Waals surface area contributed by atoms with Crippen LogP contribution in [0, 0.1) is 11.8 Å². The summed E-state index contributed by atoms with van der Waals surface area (Å²) in [7, 11) is 1.42. The molecule has 2 fully saturated rings. The molecule has 3 atom stereocenters. The molecule has 17 heavy (non-hydrogen) atoms. The van der Waals surface area contributed by atoms with E-state index in [4.69, 9.17) is 0 Å². The van der Waals surface area contributed by atoms with E-state index in [1.807, 2.05) is 0 Å². The molecule has 0 spiro atoms. The number of methoxy groups -OCH3 is 1. The van der Waals surface area contributed by atoms with Crippen molar-refractivity contribution in [2.75, 3.05) is 20.2 Å². The Morgan fingerprint density at radius 1 is 1.41 bits per heavy atom. The minimum Gasteiger partial charge on any atom is -0.453 e. The van der Waals surface area contributed by atoms with Gasteiger partial charge in [-0.2, -0.15) is 0 Å². The summed E-state index contributed by atoms with van der Waals surface area (Å²) in [6.07, 6.45) is 3.51. The second-order valence-corrected chi connectivity index (χ2v) is 5.71. The van der Waals surface area contributed by atoms with Crippen LogP contribution < -0.4 is 5.32 Å². The lowest BCUT2D eigenvalue weighted by atomic mass is 9.94. The van der Waals surface area contributed by atoms with Crippen LogP contribution in [0.1, 0.15) is 33.1 Å². The molecule has 0 bridgehead atoms. The lowest BCUT2D eigenvalue weighted by molar-refractivity contribution is 0.0952. The molecule has 1 aliphatic heterocycles. The predicted molar refractivity (Wildman–Crippen MR) is 66.9 cm³/mol. The van der Waals surface area contributed by atoms with E-state index in [0.29, 0.717) is 12.0 Å². The van der Waals surface area contributed by atoms with Crippen LogP contribution in [0.15, 0.2) is 0 Å². The average Bonchev–Trinajstić information content (AvgIpc) is 3.11.